The Labute approximate surface area is 167 Å². The second-order valence-corrected chi connectivity index (χ2v) is 7.40. The largest absolute Gasteiger partial charge is 0.459 e. The highest BCUT2D eigenvalue weighted by Crippen LogP contribution is 2.39. The van der Waals surface area contributed by atoms with Crippen molar-refractivity contribution in [3.05, 3.63) is 47.2 Å². The van der Waals surface area contributed by atoms with Crippen molar-refractivity contribution >= 4 is 5.91 Å². The standard InChI is InChI=1S/C23H29NO4/c1-3-16-10-12-17(13-11-16)20-15-21(22(26)24-18-7-5-8-18)28-23(27-4-2)19(20)9-6-14-25/h1,10-13,15,18-20,23,25H,4-9,14H2,2H3,(H,24,26)/t19-,20+,23+/m1/s1. The normalized spacial score (nSPS) is 24.5. The Balaban J connectivity index is 1.90. The molecule has 5 nitrogen and oxygen atoms in total. The first-order chi connectivity index (χ1) is 13.7. The van der Waals surface area contributed by atoms with Crippen LogP contribution >= 0.6 is 0 Å². The van der Waals surface area contributed by atoms with Crippen LogP contribution in [0.25, 0.3) is 0 Å². The summed E-state index contributed by atoms with van der Waals surface area (Å²) in [5.74, 6) is 2.72. The molecule has 2 aliphatic rings. The summed E-state index contributed by atoms with van der Waals surface area (Å²) < 4.78 is 11.8. The van der Waals surface area contributed by atoms with Gasteiger partial charge in [-0.15, -0.1) is 6.42 Å². The highest BCUT2D eigenvalue weighted by atomic mass is 16.7. The summed E-state index contributed by atoms with van der Waals surface area (Å²) in [4.78, 5) is 12.7. The van der Waals surface area contributed by atoms with Crippen LogP contribution in [0, 0.1) is 18.3 Å². The van der Waals surface area contributed by atoms with Gasteiger partial charge >= 0.3 is 0 Å². The van der Waals surface area contributed by atoms with E-state index >= 15 is 0 Å². The van der Waals surface area contributed by atoms with Gasteiger partial charge in [-0.05, 0) is 62.8 Å². The van der Waals surface area contributed by atoms with Crippen LogP contribution in [-0.4, -0.2) is 36.6 Å². The van der Waals surface area contributed by atoms with Gasteiger partial charge in [0.15, 0.2) is 5.76 Å². The zero-order valence-corrected chi connectivity index (χ0v) is 16.4. The maximum absolute atomic E-state index is 12.7. The Bertz CT molecular complexity index is 730. The van der Waals surface area contributed by atoms with E-state index in [0.717, 1.165) is 36.8 Å². The molecule has 1 fully saturated rings. The summed E-state index contributed by atoms with van der Waals surface area (Å²) in [6, 6.07) is 8.05. The molecule has 2 N–H and O–H groups in total. The maximum Gasteiger partial charge on any atom is 0.286 e. The molecular formula is C23H29NO4. The lowest BCUT2D eigenvalue weighted by atomic mass is 9.80. The number of rotatable bonds is 8. The minimum Gasteiger partial charge on any atom is -0.459 e. The van der Waals surface area contributed by atoms with Crippen molar-refractivity contribution in [3.63, 3.8) is 0 Å². The maximum atomic E-state index is 12.7. The number of ether oxygens (including phenoxy) is 2. The van der Waals surface area contributed by atoms with Crippen LogP contribution in [0.2, 0.25) is 0 Å². The number of nitrogens with one attached hydrogen (secondary N) is 1. The van der Waals surface area contributed by atoms with Crippen molar-refractivity contribution in [3.8, 4) is 12.3 Å². The Morgan fingerprint density at radius 2 is 2.11 bits per heavy atom. The van der Waals surface area contributed by atoms with E-state index in [-0.39, 0.29) is 30.4 Å². The molecule has 0 bridgehead atoms. The number of benzene rings is 1. The number of hydrogen-bond donors (Lipinski definition) is 2. The van der Waals surface area contributed by atoms with E-state index in [9.17, 15) is 9.90 Å². The average molecular weight is 383 g/mol. The van der Waals surface area contributed by atoms with Crippen molar-refractivity contribution in [2.45, 2.75) is 57.3 Å². The summed E-state index contributed by atoms with van der Waals surface area (Å²) in [5.41, 5.74) is 1.87. The lowest BCUT2D eigenvalue weighted by Gasteiger charge is -2.37. The molecule has 3 rings (SSSR count). The second kappa shape index (κ2) is 9.77. The van der Waals surface area contributed by atoms with Crippen LogP contribution in [0.3, 0.4) is 0 Å². The molecule has 150 valence electrons. The van der Waals surface area contributed by atoms with Gasteiger partial charge in [-0.3, -0.25) is 4.79 Å². The van der Waals surface area contributed by atoms with Crippen LogP contribution in [0.15, 0.2) is 36.1 Å². The fourth-order valence-corrected chi connectivity index (χ4v) is 3.76. The molecule has 1 aromatic carbocycles. The summed E-state index contributed by atoms with van der Waals surface area (Å²) in [6.45, 7) is 2.51. The van der Waals surface area contributed by atoms with Gasteiger partial charge in [-0.25, -0.2) is 0 Å². The molecule has 1 saturated carbocycles. The molecule has 1 aliphatic carbocycles. The monoisotopic (exact) mass is 383 g/mol. The number of aliphatic hydroxyl groups excluding tert-OH is 1. The minimum absolute atomic E-state index is 0.00374. The molecule has 1 aromatic rings. The molecule has 1 amide bonds. The summed E-state index contributed by atoms with van der Waals surface area (Å²) in [7, 11) is 0. The predicted molar refractivity (Wildman–Crippen MR) is 107 cm³/mol. The van der Waals surface area contributed by atoms with E-state index in [1.165, 1.54) is 0 Å². The third-order valence-corrected chi connectivity index (χ3v) is 5.54. The Hall–Kier alpha value is -2.29. The molecule has 0 spiro atoms. The highest BCUT2D eigenvalue weighted by Gasteiger charge is 2.38. The molecule has 0 unspecified atom stereocenters. The van der Waals surface area contributed by atoms with Gasteiger partial charge in [-0.1, -0.05) is 18.1 Å². The van der Waals surface area contributed by atoms with Crippen LogP contribution in [0.5, 0.6) is 0 Å². The van der Waals surface area contributed by atoms with Crippen molar-refractivity contribution in [2.24, 2.45) is 5.92 Å². The topological polar surface area (TPSA) is 67.8 Å². The number of amides is 1. The summed E-state index contributed by atoms with van der Waals surface area (Å²) in [5, 5.41) is 12.4. The van der Waals surface area contributed by atoms with Crippen LogP contribution in [-0.2, 0) is 14.3 Å². The van der Waals surface area contributed by atoms with Crippen molar-refractivity contribution in [1.82, 2.24) is 5.32 Å². The Morgan fingerprint density at radius 3 is 2.68 bits per heavy atom. The molecule has 0 radical (unpaired) electrons. The first-order valence-corrected chi connectivity index (χ1v) is 10.1. The number of terminal acetylenes is 1. The lowest BCUT2D eigenvalue weighted by Crippen LogP contribution is -2.43. The number of aliphatic hydroxyl groups is 1. The molecule has 0 aromatic heterocycles. The zero-order chi connectivity index (χ0) is 19.9. The van der Waals surface area contributed by atoms with Gasteiger partial charge in [0, 0.05) is 36.7 Å². The summed E-state index contributed by atoms with van der Waals surface area (Å²) in [6.07, 6.45) is 11.4. The zero-order valence-electron chi connectivity index (χ0n) is 16.4. The Kier molecular flexibility index (Phi) is 7.13. The van der Waals surface area contributed by atoms with Crippen molar-refractivity contribution in [1.29, 1.82) is 0 Å². The minimum atomic E-state index is -0.527. The smallest absolute Gasteiger partial charge is 0.286 e. The summed E-state index contributed by atoms with van der Waals surface area (Å²) >= 11 is 0. The van der Waals surface area contributed by atoms with Gasteiger partial charge in [0.1, 0.15) is 0 Å². The van der Waals surface area contributed by atoms with E-state index in [4.69, 9.17) is 15.9 Å². The van der Waals surface area contributed by atoms with E-state index in [1.807, 2.05) is 37.3 Å². The van der Waals surface area contributed by atoms with Crippen LogP contribution in [0.4, 0.5) is 0 Å². The van der Waals surface area contributed by atoms with Gasteiger partial charge in [0.2, 0.25) is 6.29 Å². The van der Waals surface area contributed by atoms with Crippen LogP contribution < -0.4 is 5.32 Å². The fraction of sp³-hybridized carbons (Fsp3) is 0.522. The molecule has 1 aliphatic heterocycles. The number of carbonyl (C=O) groups excluding carboxylic acids is 1. The third-order valence-electron chi connectivity index (χ3n) is 5.54. The third kappa shape index (κ3) is 4.76. The number of carbonyl (C=O) groups is 1. The van der Waals surface area contributed by atoms with Gasteiger partial charge in [-0.2, -0.15) is 0 Å². The fourth-order valence-electron chi connectivity index (χ4n) is 3.76. The van der Waals surface area contributed by atoms with Gasteiger partial charge in [0.05, 0.1) is 0 Å². The number of allylic oxidation sites excluding steroid dienone is 1. The molecule has 5 heteroatoms. The quantitative estimate of drug-likeness (QED) is 0.677. The first kappa shape index (κ1) is 20.4. The molecule has 28 heavy (non-hydrogen) atoms. The van der Waals surface area contributed by atoms with E-state index < -0.39 is 6.29 Å². The highest BCUT2D eigenvalue weighted by molar-refractivity contribution is 5.92. The van der Waals surface area contributed by atoms with Crippen LogP contribution in [0.1, 0.15) is 56.1 Å². The Morgan fingerprint density at radius 1 is 1.36 bits per heavy atom. The van der Waals surface area contributed by atoms with E-state index in [0.29, 0.717) is 18.8 Å². The van der Waals surface area contributed by atoms with E-state index in [1.54, 1.807) is 0 Å². The van der Waals surface area contributed by atoms with Gasteiger partial charge < -0.3 is 19.9 Å². The SMILES string of the molecule is C#Cc1ccc([C@@H]2C=C(C(=O)NC3CCC3)O[C@H](OCC)[C@@H]2CCCO)cc1. The molecule has 3 atom stereocenters. The second-order valence-electron chi connectivity index (χ2n) is 7.40. The van der Waals surface area contributed by atoms with E-state index in [2.05, 4.69) is 11.2 Å². The predicted octanol–water partition coefficient (Wildman–Crippen LogP) is 3.09. The number of hydrogen-bond acceptors (Lipinski definition) is 4. The van der Waals surface area contributed by atoms with Crippen molar-refractivity contribution in [2.75, 3.05) is 13.2 Å². The lowest BCUT2D eigenvalue weighted by molar-refractivity contribution is -0.167. The van der Waals surface area contributed by atoms with Gasteiger partial charge in [0.25, 0.3) is 5.91 Å². The molecule has 0 saturated heterocycles. The molecular weight excluding hydrogens is 354 g/mol. The first-order valence-electron chi connectivity index (χ1n) is 10.1. The average Bonchev–Trinajstić information content (AvgIpc) is 2.69. The van der Waals surface area contributed by atoms with Crippen molar-refractivity contribution < 1.29 is 19.4 Å². The molecule has 1 heterocycles.